The molecule has 0 amide bonds. The highest BCUT2D eigenvalue weighted by molar-refractivity contribution is 5.94. The third-order valence-electron chi connectivity index (χ3n) is 6.78. The molecule has 4 aromatic rings. The number of nitrogens with zero attached hydrogens (tertiary/aromatic N) is 2. The van der Waals surface area contributed by atoms with E-state index in [9.17, 15) is 9.90 Å². The Balaban J connectivity index is 1.21. The number of methoxy groups -OCH3 is 1. The van der Waals surface area contributed by atoms with Crippen molar-refractivity contribution in [2.24, 2.45) is 0 Å². The number of fused-ring (bicyclic) bond motifs is 1. The number of furan rings is 1. The minimum absolute atomic E-state index is 0.0629. The molecule has 5 rings (SSSR count). The van der Waals surface area contributed by atoms with Crippen LogP contribution in [0.2, 0.25) is 0 Å². The van der Waals surface area contributed by atoms with Gasteiger partial charge < -0.3 is 24.0 Å². The average Bonchev–Trinajstić information content (AvgIpc) is 3.55. The molecule has 1 saturated heterocycles. The zero-order chi connectivity index (χ0) is 24.2. The second-order valence-corrected chi connectivity index (χ2v) is 8.85. The van der Waals surface area contributed by atoms with Gasteiger partial charge in [-0.1, -0.05) is 6.07 Å². The summed E-state index contributed by atoms with van der Waals surface area (Å²) in [7, 11) is 1.46. The standard InChI is InChI=1S/C27H29N3O5/c1-33-22-3-2-4-23(25(22)27(31)32)35-14-12-30-10-6-19(7-11-30)21-16-29-26-24(21)20(5-9-28-26)15-18-8-13-34-17-18/h2-5,8-9,13,16-17,19H,6-7,10-12,14-15H2,1H3,(H,28,29)(H,31,32). The molecule has 35 heavy (non-hydrogen) atoms. The summed E-state index contributed by atoms with van der Waals surface area (Å²) >= 11 is 0. The molecule has 3 aromatic heterocycles. The summed E-state index contributed by atoms with van der Waals surface area (Å²) in [5, 5.41) is 10.8. The number of hydrogen-bond acceptors (Lipinski definition) is 6. The van der Waals surface area contributed by atoms with Gasteiger partial charge in [-0.2, -0.15) is 0 Å². The second kappa shape index (κ2) is 10.2. The number of aromatic amines is 1. The van der Waals surface area contributed by atoms with Crippen LogP contribution in [0.15, 0.2) is 59.7 Å². The Morgan fingerprint density at radius 3 is 2.80 bits per heavy atom. The molecular formula is C27H29N3O5. The maximum atomic E-state index is 11.6. The predicted octanol–water partition coefficient (Wildman–Crippen LogP) is 4.71. The number of likely N-dealkylation sites (tertiary alicyclic amines) is 1. The number of carboxylic acid groups (broad SMARTS) is 1. The molecule has 4 heterocycles. The van der Waals surface area contributed by atoms with Crippen LogP contribution in [0, 0.1) is 0 Å². The van der Waals surface area contributed by atoms with E-state index in [0.29, 0.717) is 24.0 Å². The number of aromatic carboxylic acids is 1. The maximum Gasteiger partial charge on any atom is 0.343 e. The van der Waals surface area contributed by atoms with Crippen LogP contribution in [0.4, 0.5) is 0 Å². The van der Waals surface area contributed by atoms with Crippen LogP contribution in [0.5, 0.6) is 11.5 Å². The molecule has 0 radical (unpaired) electrons. The summed E-state index contributed by atoms with van der Waals surface area (Å²) in [4.78, 5) is 21.9. The number of rotatable bonds is 9. The summed E-state index contributed by atoms with van der Waals surface area (Å²) in [6.07, 6.45) is 10.4. The molecule has 0 atom stereocenters. The Morgan fingerprint density at radius 2 is 2.06 bits per heavy atom. The van der Waals surface area contributed by atoms with Crippen molar-refractivity contribution >= 4 is 17.0 Å². The first kappa shape index (κ1) is 23.0. The van der Waals surface area contributed by atoms with Gasteiger partial charge in [0.2, 0.25) is 0 Å². The SMILES string of the molecule is COc1cccc(OCCN2CCC(c3c[nH]c4nccc(Cc5ccoc5)c34)CC2)c1C(=O)O. The van der Waals surface area contributed by atoms with Crippen molar-refractivity contribution in [1.82, 2.24) is 14.9 Å². The molecule has 8 heteroatoms. The summed E-state index contributed by atoms with van der Waals surface area (Å²) < 4.78 is 16.3. The van der Waals surface area contributed by atoms with Crippen LogP contribution in [0.1, 0.15) is 45.8 Å². The van der Waals surface area contributed by atoms with E-state index >= 15 is 0 Å². The number of carboxylic acids is 1. The third kappa shape index (κ3) is 4.88. The fraction of sp³-hybridized carbons (Fsp3) is 0.333. The van der Waals surface area contributed by atoms with Gasteiger partial charge >= 0.3 is 5.97 Å². The molecule has 1 fully saturated rings. The van der Waals surface area contributed by atoms with Gasteiger partial charge in [0.1, 0.15) is 29.3 Å². The number of aromatic nitrogens is 2. The van der Waals surface area contributed by atoms with Gasteiger partial charge in [0.25, 0.3) is 0 Å². The molecule has 0 saturated carbocycles. The first-order valence-corrected chi connectivity index (χ1v) is 11.9. The summed E-state index contributed by atoms with van der Waals surface area (Å²) in [5.41, 5.74) is 4.75. The van der Waals surface area contributed by atoms with Crippen molar-refractivity contribution in [1.29, 1.82) is 0 Å². The molecule has 0 spiro atoms. The molecule has 8 nitrogen and oxygen atoms in total. The van der Waals surface area contributed by atoms with Crippen LogP contribution in [0.25, 0.3) is 11.0 Å². The fourth-order valence-corrected chi connectivity index (χ4v) is 5.00. The van der Waals surface area contributed by atoms with E-state index in [2.05, 4.69) is 27.1 Å². The Labute approximate surface area is 203 Å². The first-order valence-electron chi connectivity index (χ1n) is 11.9. The molecule has 0 unspecified atom stereocenters. The Hall–Kier alpha value is -3.78. The normalized spacial score (nSPS) is 14.9. The monoisotopic (exact) mass is 475 g/mol. The minimum atomic E-state index is -1.06. The zero-order valence-corrected chi connectivity index (χ0v) is 19.7. The van der Waals surface area contributed by atoms with Crippen LogP contribution >= 0.6 is 0 Å². The van der Waals surface area contributed by atoms with Crippen molar-refractivity contribution in [3.8, 4) is 11.5 Å². The molecule has 0 aliphatic carbocycles. The topological polar surface area (TPSA) is 101 Å². The van der Waals surface area contributed by atoms with Crippen molar-refractivity contribution in [3.05, 3.63) is 77.5 Å². The zero-order valence-electron chi connectivity index (χ0n) is 19.7. The summed E-state index contributed by atoms with van der Waals surface area (Å²) in [6.45, 7) is 3.08. The van der Waals surface area contributed by atoms with Gasteiger partial charge in [-0.05, 0) is 72.8 Å². The van der Waals surface area contributed by atoms with Crippen molar-refractivity contribution < 1.29 is 23.8 Å². The quantitative estimate of drug-likeness (QED) is 0.361. The molecule has 1 aliphatic heterocycles. The van der Waals surface area contributed by atoms with Crippen molar-refractivity contribution in [2.75, 3.05) is 33.4 Å². The van der Waals surface area contributed by atoms with Gasteiger partial charge in [0.15, 0.2) is 0 Å². The van der Waals surface area contributed by atoms with Gasteiger partial charge in [-0.3, -0.25) is 4.90 Å². The molecule has 2 N–H and O–H groups in total. The maximum absolute atomic E-state index is 11.6. The third-order valence-corrected chi connectivity index (χ3v) is 6.78. The Morgan fingerprint density at radius 1 is 1.23 bits per heavy atom. The fourth-order valence-electron chi connectivity index (χ4n) is 5.00. The van der Waals surface area contributed by atoms with E-state index in [-0.39, 0.29) is 5.56 Å². The van der Waals surface area contributed by atoms with Crippen molar-refractivity contribution in [3.63, 3.8) is 0 Å². The van der Waals surface area contributed by atoms with Gasteiger partial charge in [0.05, 0.1) is 19.6 Å². The molecule has 1 aromatic carbocycles. The number of benzene rings is 1. The van der Waals surface area contributed by atoms with E-state index in [4.69, 9.17) is 13.9 Å². The summed E-state index contributed by atoms with van der Waals surface area (Å²) in [5.74, 6) is 0.0446. The highest BCUT2D eigenvalue weighted by Crippen LogP contribution is 2.35. The first-order chi connectivity index (χ1) is 17.1. The summed E-state index contributed by atoms with van der Waals surface area (Å²) in [6, 6.07) is 9.14. The minimum Gasteiger partial charge on any atom is -0.496 e. The van der Waals surface area contributed by atoms with Crippen LogP contribution in [-0.4, -0.2) is 59.3 Å². The largest absolute Gasteiger partial charge is 0.496 e. The number of piperidine rings is 1. The number of hydrogen-bond donors (Lipinski definition) is 2. The van der Waals surface area contributed by atoms with Gasteiger partial charge in [0, 0.05) is 30.7 Å². The van der Waals surface area contributed by atoms with Crippen LogP contribution in [0.3, 0.4) is 0 Å². The lowest BCUT2D eigenvalue weighted by Gasteiger charge is -2.32. The van der Waals surface area contributed by atoms with Crippen LogP contribution < -0.4 is 9.47 Å². The number of H-pyrrole nitrogens is 1. The van der Waals surface area contributed by atoms with Gasteiger partial charge in [-0.15, -0.1) is 0 Å². The number of carbonyl (C=O) groups is 1. The second-order valence-electron chi connectivity index (χ2n) is 8.85. The van der Waals surface area contributed by atoms with E-state index in [1.165, 1.54) is 23.6 Å². The lowest BCUT2D eigenvalue weighted by atomic mass is 9.88. The van der Waals surface area contributed by atoms with Crippen LogP contribution in [-0.2, 0) is 6.42 Å². The highest BCUT2D eigenvalue weighted by atomic mass is 16.5. The van der Waals surface area contributed by atoms with Gasteiger partial charge in [-0.25, -0.2) is 9.78 Å². The van der Waals surface area contributed by atoms with E-state index < -0.39 is 5.97 Å². The molecule has 0 bridgehead atoms. The molecule has 182 valence electrons. The Bertz CT molecular complexity index is 1290. The predicted molar refractivity (Wildman–Crippen MR) is 131 cm³/mol. The molecular weight excluding hydrogens is 446 g/mol. The average molecular weight is 476 g/mol. The highest BCUT2D eigenvalue weighted by Gasteiger charge is 2.24. The van der Waals surface area contributed by atoms with E-state index in [1.807, 2.05) is 12.3 Å². The molecule has 1 aliphatic rings. The lowest BCUT2D eigenvalue weighted by Crippen LogP contribution is -2.36. The van der Waals surface area contributed by atoms with Crippen molar-refractivity contribution in [2.45, 2.75) is 25.2 Å². The smallest absolute Gasteiger partial charge is 0.343 e. The Kier molecular flexibility index (Phi) is 6.72. The van der Waals surface area contributed by atoms with E-state index in [0.717, 1.165) is 50.1 Å². The number of ether oxygens (including phenoxy) is 2. The number of pyridine rings is 1. The van der Waals surface area contributed by atoms with E-state index in [1.54, 1.807) is 30.7 Å². The lowest BCUT2D eigenvalue weighted by molar-refractivity contribution is 0.0687. The number of nitrogens with one attached hydrogen (secondary N) is 1.